The van der Waals surface area contributed by atoms with E-state index in [1.165, 1.54) is 32.1 Å². The SMILES string of the molecule is CC/C=C\C/C=C\C/C=C\C/C=C\C/C=C\CC(=O)OCC(COCCC/C=C\C/C=C\C/C=C\C/C=C\CC)OC(=O)CCCCCCC/C=C\CCCC. The molecule has 56 heavy (non-hydrogen) atoms. The highest BCUT2D eigenvalue weighted by molar-refractivity contribution is 5.71. The summed E-state index contributed by atoms with van der Waals surface area (Å²) in [7, 11) is 0. The highest BCUT2D eigenvalue weighted by atomic mass is 16.6. The van der Waals surface area contributed by atoms with Gasteiger partial charge in [-0.2, -0.15) is 0 Å². The summed E-state index contributed by atoms with van der Waals surface area (Å²) in [5.74, 6) is -0.599. The van der Waals surface area contributed by atoms with Crippen LogP contribution in [0.15, 0.2) is 122 Å². The van der Waals surface area contributed by atoms with Gasteiger partial charge in [-0.1, -0.05) is 174 Å². The van der Waals surface area contributed by atoms with Crippen molar-refractivity contribution in [3.05, 3.63) is 122 Å². The molecular weight excluding hydrogens is 693 g/mol. The van der Waals surface area contributed by atoms with Crippen LogP contribution in [0.4, 0.5) is 0 Å². The molecule has 0 saturated heterocycles. The number of rotatable bonds is 38. The fraction of sp³-hybridized carbons (Fsp3) is 0.569. The molecule has 1 unspecified atom stereocenters. The summed E-state index contributed by atoms with van der Waals surface area (Å²) < 4.78 is 17.1. The normalized spacial score (nSPS) is 13.4. The molecule has 314 valence electrons. The van der Waals surface area contributed by atoms with Crippen LogP contribution in [0.3, 0.4) is 0 Å². The highest BCUT2D eigenvalue weighted by Gasteiger charge is 2.17. The van der Waals surface area contributed by atoms with Crippen molar-refractivity contribution in [2.45, 2.75) is 168 Å². The first kappa shape index (κ1) is 52.3. The van der Waals surface area contributed by atoms with Crippen molar-refractivity contribution < 1.29 is 23.8 Å². The van der Waals surface area contributed by atoms with E-state index in [0.29, 0.717) is 13.0 Å². The molecule has 0 saturated carbocycles. The highest BCUT2D eigenvalue weighted by Crippen LogP contribution is 2.10. The predicted molar refractivity (Wildman–Crippen MR) is 242 cm³/mol. The Labute approximate surface area is 344 Å². The van der Waals surface area contributed by atoms with E-state index in [1.54, 1.807) is 0 Å². The lowest BCUT2D eigenvalue weighted by atomic mass is 10.1. The first-order chi connectivity index (χ1) is 27.6. The summed E-state index contributed by atoms with van der Waals surface area (Å²) in [6.07, 6.45) is 63.7. The lowest BCUT2D eigenvalue weighted by Gasteiger charge is -2.18. The third kappa shape index (κ3) is 43.0. The second-order valence-electron chi connectivity index (χ2n) is 13.8. The molecule has 1 atom stereocenters. The van der Waals surface area contributed by atoms with Gasteiger partial charge in [-0.3, -0.25) is 9.59 Å². The van der Waals surface area contributed by atoms with Crippen molar-refractivity contribution >= 4 is 11.9 Å². The molecule has 0 heterocycles. The summed E-state index contributed by atoms with van der Waals surface area (Å²) in [5.41, 5.74) is 0. The molecule has 0 aromatic rings. The Morgan fingerprint density at radius 1 is 0.429 bits per heavy atom. The van der Waals surface area contributed by atoms with Gasteiger partial charge in [0.2, 0.25) is 0 Å². The van der Waals surface area contributed by atoms with E-state index in [0.717, 1.165) is 96.3 Å². The zero-order valence-electron chi connectivity index (χ0n) is 35.8. The minimum Gasteiger partial charge on any atom is -0.461 e. The van der Waals surface area contributed by atoms with Crippen LogP contribution >= 0.6 is 0 Å². The van der Waals surface area contributed by atoms with E-state index in [2.05, 4.69) is 130 Å². The molecule has 0 bridgehead atoms. The van der Waals surface area contributed by atoms with E-state index >= 15 is 0 Å². The maximum Gasteiger partial charge on any atom is 0.309 e. The molecule has 0 spiro atoms. The number of carbonyl (C=O) groups is 2. The largest absolute Gasteiger partial charge is 0.461 e. The van der Waals surface area contributed by atoms with Gasteiger partial charge < -0.3 is 14.2 Å². The van der Waals surface area contributed by atoms with Crippen LogP contribution in [0.2, 0.25) is 0 Å². The van der Waals surface area contributed by atoms with Crippen molar-refractivity contribution in [1.82, 2.24) is 0 Å². The lowest BCUT2D eigenvalue weighted by molar-refractivity contribution is -0.162. The summed E-state index contributed by atoms with van der Waals surface area (Å²) in [4.78, 5) is 25.1. The zero-order chi connectivity index (χ0) is 40.7. The fourth-order valence-electron chi connectivity index (χ4n) is 5.27. The number of allylic oxidation sites excluding steroid dienone is 19. The van der Waals surface area contributed by atoms with Gasteiger partial charge in [0.1, 0.15) is 6.61 Å². The molecule has 0 aliphatic heterocycles. The first-order valence-electron chi connectivity index (χ1n) is 22.1. The fourth-order valence-corrected chi connectivity index (χ4v) is 5.27. The van der Waals surface area contributed by atoms with Crippen LogP contribution in [-0.4, -0.2) is 37.9 Å². The Morgan fingerprint density at radius 3 is 1.39 bits per heavy atom. The van der Waals surface area contributed by atoms with Crippen LogP contribution in [0.1, 0.15) is 162 Å². The van der Waals surface area contributed by atoms with Gasteiger partial charge in [0.25, 0.3) is 0 Å². The minimum absolute atomic E-state index is 0.00206. The Hall–Kier alpha value is -3.70. The third-order valence-corrected chi connectivity index (χ3v) is 8.50. The van der Waals surface area contributed by atoms with E-state index < -0.39 is 6.10 Å². The first-order valence-corrected chi connectivity index (χ1v) is 22.1. The van der Waals surface area contributed by atoms with Gasteiger partial charge in [-0.15, -0.1) is 0 Å². The molecular formula is C51H80O5. The number of unbranched alkanes of at least 4 members (excludes halogenated alkanes) is 8. The maximum absolute atomic E-state index is 12.7. The molecule has 5 heteroatoms. The molecule has 0 radical (unpaired) electrons. The van der Waals surface area contributed by atoms with Gasteiger partial charge in [0.05, 0.1) is 13.0 Å². The van der Waals surface area contributed by atoms with Gasteiger partial charge in [0.15, 0.2) is 6.10 Å². The van der Waals surface area contributed by atoms with Gasteiger partial charge in [0, 0.05) is 13.0 Å². The quantitative estimate of drug-likeness (QED) is 0.0355. The monoisotopic (exact) mass is 773 g/mol. The Balaban J connectivity index is 4.52. The third-order valence-electron chi connectivity index (χ3n) is 8.50. The molecule has 0 fully saturated rings. The standard InChI is InChI=1S/C51H80O5/c1-4-7-10-13-16-19-22-24-26-27-30-32-35-38-41-44-50(52)55-48-49(56-51(53)45-42-39-36-33-29-21-18-15-12-9-6-3)47-54-46-43-40-37-34-31-28-25-23-20-17-14-11-8-5-2/h7-8,10-11,15-20,24-26,28,30,32,34,37-38,41,49H,4-6,9,12-14,21-23,27,29,31,33,35-36,39-40,42-48H2,1-3H3/b10-7-,11-8-,18-15-,19-16-,20-17-,26-24-,28-25-,32-30-,37-34-,41-38-. The minimum atomic E-state index is -0.614. The van der Waals surface area contributed by atoms with E-state index in [1.807, 2.05) is 12.2 Å². The maximum atomic E-state index is 12.7. The van der Waals surface area contributed by atoms with Crippen molar-refractivity contribution in [3.8, 4) is 0 Å². The average molecular weight is 773 g/mol. The number of ether oxygens (including phenoxy) is 3. The summed E-state index contributed by atoms with van der Waals surface area (Å²) in [5, 5.41) is 0. The molecule has 0 rings (SSSR count). The van der Waals surface area contributed by atoms with Crippen LogP contribution in [0.5, 0.6) is 0 Å². The summed E-state index contributed by atoms with van der Waals surface area (Å²) >= 11 is 0. The van der Waals surface area contributed by atoms with Gasteiger partial charge >= 0.3 is 11.9 Å². The molecule has 0 aliphatic rings. The van der Waals surface area contributed by atoms with Crippen molar-refractivity contribution in [2.75, 3.05) is 19.8 Å². The second-order valence-corrected chi connectivity index (χ2v) is 13.8. The predicted octanol–water partition coefficient (Wildman–Crippen LogP) is 14.7. The molecule has 0 aliphatic carbocycles. The van der Waals surface area contributed by atoms with E-state index in [-0.39, 0.29) is 31.6 Å². The van der Waals surface area contributed by atoms with Crippen LogP contribution in [0.25, 0.3) is 0 Å². The zero-order valence-corrected chi connectivity index (χ0v) is 35.8. The number of hydrogen-bond donors (Lipinski definition) is 0. The van der Waals surface area contributed by atoms with E-state index in [4.69, 9.17) is 14.2 Å². The molecule has 0 aromatic carbocycles. The van der Waals surface area contributed by atoms with Crippen molar-refractivity contribution in [3.63, 3.8) is 0 Å². The average Bonchev–Trinajstić information content (AvgIpc) is 3.20. The number of esters is 2. The van der Waals surface area contributed by atoms with Crippen LogP contribution in [-0.2, 0) is 23.8 Å². The molecule has 0 aromatic heterocycles. The summed E-state index contributed by atoms with van der Waals surface area (Å²) in [6.45, 7) is 7.27. The smallest absolute Gasteiger partial charge is 0.309 e. The van der Waals surface area contributed by atoms with Crippen LogP contribution < -0.4 is 0 Å². The van der Waals surface area contributed by atoms with Gasteiger partial charge in [-0.25, -0.2) is 0 Å². The van der Waals surface area contributed by atoms with Crippen LogP contribution in [0, 0.1) is 0 Å². The van der Waals surface area contributed by atoms with Crippen molar-refractivity contribution in [1.29, 1.82) is 0 Å². The van der Waals surface area contributed by atoms with Gasteiger partial charge in [-0.05, 0) is 96.3 Å². The molecule has 5 nitrogen and oxygen atoms in total. The molecule has 0 amide bonds. The Morgan fingerprint density at radius 2 is 0.857 bits per heavy atom. The Bertz CT molecular complexity index is 1190. The lowest BCUT2D eigenvalue weighted by Crippen LogP contribution is -2.30. The topological polar surface area (TPSA) is 61.8 Å². The van der Waals surface area contributed by atoms with Crippen molar-refractivity contribution in [2.24, 2.45) is 0 Å². The Kier molecular flexibility index (Phi) is 42.7. The second kappa shape index (κ2) is 45.7. The number of hydrogen-bond acceptors (Lipinski definition) is 5. The number of carbonyl (C=O) groups excluding carboxylic acids is 2. The molecule has 0 N–H and O–H groups in total. The van der Waals surface area contributed by atoms with E-state index in [9.17, 15) is 9.59 Å². The summed E-state index contributed by atoms with van der Waals surface area (Å²) in [6, 6.07) is 0.